The molecular weight excluding hydrogens is 274 g/mol. The van der Waals surface area contributed by atoms with E-state index >= 15 is 0 Å². The molecule has 0 unspecified atom stereocenters. The van der Waals surface area contributed by atoms with E-state index in [1.807, 2.05) is 12.1 Å². The number of Topliss-reactive ketones (excluding diaryl/α,β-unsaturated/α-hetero) is 1. The smallest absolute Gasteiger partial charge is 0.133 e. The molecule has 1 aliphatic rings. The molecule has 0 aromatic heterocycles. The van der Waals surface area contributed by atoms with Gasteiger partial charge in [-0.2, -0.15) is 0 Å². The monoisotopic (exact) mass is 297 g/mol. The largest absolute Gasteiger partial charge is 0.497 e. The molecule has 0 aliphatic heterocycles. The molecule has 0 spiro atoms. The standard InChI is InChI=1S/C16H23NO2.ClH/c1-17(2)11-13-7-8-14(18)10-16(13)12-5-4-6-15(9-12)19-3;/h4-6,9,13,16H,7-8,10-11H2,1-3H3;1H/t13-,16+;/m1./s1. The number of rotatable bonds is 4. The Kier molecular flexibility index (Phi) is 6.50. The van der Waals surface area contributed by atoms with E-state index in [4.69, 9.17) is 4.74 Å². The van der Waals surface area contributed by atoms with E-state index in [2.05, 4.69) is 31.1 Å². The minimum absolute atomic E-state index is 0. The Morgan fingerprint density at radius 1 is 1.35 bits per heavy atom. The molecule has 0 N–H and O–H groups in total. The summed E-state index contributed by atoms with van der Waals surface area (Å²) in [6.45, 7) is 1.04. The van der Waals surface area contributed by atoms with Crippen molar-refractivity contribution >= 4 is 18.2 Å². The lowest BCUT2D eigenvalue weighted by Gasteiger charge is -2.33. The van der Waals surface area contributed by atoms with E-state index in [0.29, 0.717) is 24.0 Å². The molecular formula is C16H24ClNO2. The minimum atomic E-state index is 0. The summed E-state index contributed by atoms with van der Waals surface area (Å²) in [5.41, 5.74) is 1.24. The number of hydrogen-bond acceptors (Lipinski definition) is 3. The fraction of sp³-hybridized carbons (Fsp3) is 0.562. The molecule has 0 bridgehead atoms. The number of nitrogens with zero attached hydrogens (tertiary/aromatic N) is 1. The molecule has 112 valence electrons. The van der Waals surface area contributed by atoms with Crippen LogP contribution in [0.1, 0.15) is 30.7 Å². The lowest BCUT2D eigenvalue weighted by molar-refractivity contribution is -0.121. The molecule has 4 heteroatoms. The molecule has 1 aliphatic carbocycles. The molecule has 3 nitrogen and oxygen atoms in total. The fourth-order valence-electron chi connectivity index (χ4n) is 3.01. The van der Waals surface area contributed by atoms with Gasteiger partial charge in [0.2, 0.25) is 0 Å². The van der Waals surface area contributed by atoms with E-state index in [1.54, 1.807) is 7.11 Å². The maximum atomic E-state index is 11.8. The number of carbonyl (C=O) groups excluding carboxylic acids is 1. The van der Waals surface area contributed by atoms with Crippen molar-refractivity contribution in [3.63, 3.8) is 0 Å². The van der Waals surface area contributed by atoms with Crippen molar-refractivity contribution in [1.82, 2.24) is 4.90 Å². The van der Waals surface area contributed by atoms with Gasteiger partial charge >= 0.3 is 0 Å². The molecule has 1 aromatic rings. The zero-order valence-electron chi connectivity index (χ0n) is 12.5. The highest BCUT2D eigenvalue weighted by Gasteiger charge is 2.30. The molecule has 1 fully saturated rings. The summed E-state index contributed by atoms with van der Waals surface area (Å²) in [5, 5.41) is 0. The van der Waals surface area contributed by atoms with Gasteiger partial charge in [-0.25, -0.2) is 0 Å². The molecule has 1 saturated carbocycles. The molecule has 0 amide bonds. The molecule has 0 saturated heterocycles. The van der Waals surface area contributed by atoms with Crippen LogP contribution in [0.25, 0.3) is 0 Å². The summed E-state index contributed by atoms with van der Waals surface area (Å²) in [6.07, 6.45) is 2.41. The summed E-state index contributed by atoms with van der Waals surface area (Å²) in [6, 6.07) is 8.16. The van der Waals surface area contributed by atoms with Crippen LogP contribution in [-0.4, -0.2) is 38.4 Å². The number of benzene rings is 1. The molecule has 20 heavy (non-hydrogen) atoms. The van der Waals surface area contributed by atoms with Gasteiger partial charge in [0.1, 0.15) is 11.5 Å². The summed E-state index contributed by atoms with van der Waals surface area (Å²) in [4.78, 5) is 14.0. The van der Waals surface area contributed by atoms with Gasteiger partial charge in [-0.05, 0) is 50.0 Å². The van der Waals surface area contributed by atoms with Gasteiger partial charge in [-0.1, -0.05) is 12.1 Å². The van der Waals surface area contributed by atoms with Gasteiger partial charge in [0, 0.05) is 19.4 Å². The van der Waals surface area contributed by atoms with Crippen LogP contribution < -0.4 is 4.74 Å². The van der Waals surface area contributed by atoms with Crippen LogP contribution in [0.15, 0.2) is 24.3 Å². The quantitative estimate of drug-likeness (QED) is 0.855. The Morgan fingerprint density at radius 2 is 2.10 bits per heavy atom. The Bertz CT molecular complexity index is 448. The Morgan fingerprint density at radius 3 is 2.75 bits per heavy atom. The van der Waals surface area contributed by atoms with Crippen LogP contribution in [0.3, 0.4) is 0 Å². The van der Waals surface area contributed by atoms with Crippen LogP contribution in [0, 0.1) is 5.92 Å². The lowest BCUT2D eigenvalue weighted by Crippen LogP contribution is -2.31. The third kappa shape index (κ3) is 4.22. The van der Waals surface area contributed by atoms with Crippen LogP contribution >= 0.6 is 12.4 Å². The first-order valence-corrected chi connectivity index (χ1v) is 6.90. The van der Waals surface area contributed by atoms with Crippen molar-refractivity contribution in [2.45, 2.75) is 25.2 Å². The maximum Gasteiger partial charge on any atom is 0.133 e. The van der Waals surface area contributed by atoms with Crippen LogP contribution in [0.2, 0.25) is 0 Å². The minimum Gasteiger partial charge on any atom is -0.497 e. The summed E-state index contributed by atoms with van der Waals surface area (Å²) < 4.78 is 5.29. The summed E-state index contributed by atoms with van der Waals surface area (Å²) in [7, 11) is 5.88. The predicted octanol–water partition coefficient (Wildman–Crippen LogP) is 3.13. The number of ether oxygens (including phenoxy) is 1. The summed E-state index contributed by atoms with van der Waals surface area (Å²) in [5.74, 6) is 2.15. The van der Waals surface area contributed by atoms with Gasteiger partial charge in [-0.3, -0.25) is 4.79 Å². The van der Waals surface area contributed by atoms with Crippen LogP contribution in [0.5, 0.6) is 5.75 Å². The highest BCUT2D eigenvalue weighted by molar-refractivity contribution is 5.85. The summed E-state index contributed by atoms with van der Waals surface area (Å²) >= 11 is 0. The van der Waals surface area contributed by atoms with Gasteiger partial charge in [0.15, 0.2) is 0 Å². The Hall–Kier alpha value is -1.06. The van der Waals surface area contributed by atoms with Crippen molar-refractivity contribution in [3.05, 3.63) is 29.8 Å². The number of carbonyl (C=O) groups is 1. The second-order valence-corrected chi connectivity index (χ2v) is 5.69. The average molecular weight is 298 g/mol. The molecule has 2 atom stereocenters. The topological polar surface area (TPSA) is 29.5 Å². The van der Waals surface area contributed by atoms with E-state index in [-0.39, 0.29) is 12.4 Å². The van der Waals surface area contributed by atoms with E-state index in [0.717, 1.165) is 25.1 Å². The second-order valence-electron chi connectivity index (χ2n) is 5.69. The van der Waals surface area contributed by atoms with Crippen LogP contribution in [0.4, 0.5) is 0 Å². The van der Waals surface area contributed by atoms with E-state index in [9.17, 15) is 4.79 Å². The second kappa shape index (κ2) is 7.65. The van der Waals surface area contributed by atoms with Crippen molar-refractivity contribution in [2.24, 2.45) is 5.92 Å². The number of halogens is 1. The highest BCUT2D eigenvalue weighted by Crippen LogP contribution is 2.37. The van der Waals surface area contributed by atoms with Crippen molar-refractivity contribution in [1.29, 1.82) is 0 Å². The molecule has 2 rings (SSSR count). The average Bonchev–Trinajstić information content (AvgIpc) is 2.40. The van der Waals surface area contributed by atoms with Crippen molar-refractivity contribution in [3.8, 4) is 5.75 Å². The highest BCUT2D eigenvalue weighted by atomic mass is 35.5. The van der Waals surface area contributed by atoms with E-state index < -0.39 is 0 Å². The van der Waals surface area contributed by atoms with Gasteiger partial charge in [0.25, 0.3) is 0 Å². The lowest BCUT2D eigenvalue weighted by atomic mass is 9.74. The Labute approximate surface area is 127 Å². The first-order chi connectivity index (χ1) is 9.10. The number of methoxy groups -OCH3 is 1. The first kappa shape index (κ1) is 17.0. The molecule has 1 aromatic carbocycles. The number of ketones is 1. The van der Waals surface area contributed by atoms with Crippen molar-refractivity contribution < 1.29 is 9.53 Å². The fourth-order valence-corrected chi connectivity index (χ4v) is 3.01. The predicted molar refractivity (Wildman–Crippen MR) is 83.9 cm³/mol. The van der Waals surface area contributed by atoms with Crippen LogP contribution in [-0.2, 0) is 4.79 Å². The zero-order chi connectivity index (χ0) is 13.8. The SMILES string of the molecule is COc1cccc([C@@H]2CC(=O)CC[C@@H]2CN(C)C)c1.Cl. The van der Waals surface area contributed by atoms with E-state index in [1.165, 1.54) is 5.56 Å². The third-order valence-corrected chi connectivity index (χ3v) is 3.93. The molecule has 0 radical (unpaired) electrons. The molecule has 0 heterocycles. The first-order valence-electron chi connectivity index (χ1n) is 6.90. The van der Waals surface area contributed by atoms with Gasteiger partial charge in [-0.15, -0.1) is 12.4 Å². The number of hydrogen-bond donors (Lipinski definition) is 0. The van der Waals surface area contributed by atoms with Crippen molar-refractivity contribution in [2.75, 3.05) is 27.7 Å². The van der Waals surface area contributed by atoms with Gasteiger partial charge < -0.3 is 9.64 Å². The third-order valence-electron chi connectivity index (χ3n) is 3.93. The maximum absolute atomic E-state index is 11.8. The Balaban J connectivity index is 0.00000200. The van der Waals surface area contributed by atoms with Gasteiger partial charge in [0.05, 0.1) is 7.11 Å². The zero-order valence-corrected chi connectivity index (χ0v) is 13.3. The normalized spacial score (nSPS) is 22.5.